The molecule has 6 nitrogen and oxygen atoms in total. The van der Waals surface area contributed by atoms with Crippen LogP contribution in [-0.4, -0.2) is 40.4 Å². The van der Waals surface area contributed by atoms with E-state index in [0.717, 1.165) is 61.3 Å². The fourth-order valence-electron chi connectivity index (χ4n) is 4.54. The molecule has 6 heteroatoms. The van der Waals surface area contributed by atoms with Gasteiger partial charge in [0.1, 0.15) is 17.3 Å². The maximum Gasteiger partial charge on any atom is 0.157 e. The molecular formula is C22H28N6. The Labute approximate surface area is 166 Å². The number of hydrogen-bond acceptors (Lipinski definition) is 6. The number of nitrogens with zero attached hydrogens (tertiary/aromatic N) is 6. The van der Waals surface area contributed by atoms with Crippen molar-refractivity contribution in [1.82, 2.24) is 15.0 Å². The number of amidine groups is 1. The summed E-state index contributed by atoms with van der Waals surface area (Å²) in [6.45, 7) is 8.39. The molecule has 0 amide bonds. The van der Waals surface area contributed by atoms with Gasteiger partial charge < -0.3 is 9.80 Å². The summed E-state index contributed by atoms with van der Waals surface area (Å²) in [5.41, 5.74) is 3.70. The lowest BCUT2D eigenvalue weighted by molar-refractivity contribution is 0.237. The van der Waals surface area contributed by atoms with Crippen molar-refractivity contribution in [2.75, 3.05) is 29.4 Å². The van der Waals surface area contributed by atoms with Crippen molar-refractivity contribution in [3.63, 3.8) is 0 Å². The zero-order valence-electron chi connectivity index (χ0n) is 16.9. The second kappa shape index (κ2) is 6.83. The SMILES string of the molecule is CCC1(C)CCN(c2cnc3c(n2)CN=C3N2CCCc3cccnc32)CC1. The van der Waals surface area contributed by atoms with Crippen molar-refractivity contribution in [3.8, 4) is 0 Å². The molecule has 0 aromatic carbocycles. The Morgan fingerprint density at radius 3 is 2.82 bits per heavy atom. The Morgan fingerprint density at radius 1 is 1.14 bits per heavy atom. The normalized spacial score (nSPS) is 20.6. The minimum absolute atomic E-state index is 0.478. The molecule has 146 valence electrons. The molecule has 0 spiro atoms. The average Bonchev–Trinajstić information content (AvgIpc) is 3.17. The molecule has 0 radical (unpaired) electrons. The molecule has 0 aliphatic carbocycles. The van der Waals surface area contributed by atoms with Crippen LogP contribution in [0.1, 0.15) is 56.5 Å². The first-order chi connectivity index (χ1) is 13.7. The van der Waals surface area contributed by atoms with E-state index in [4.69, 9.17) is 15.0 Å². The van der Waals surface area contributed by atoms with Gasteiger partial charge in [-0.1, -0.05) is 26.3 Å². The van der Waals surface area contributed by atoms with Gasteiger partial charge in [0, 0.05) is 25.8 Å². The van der Waals surface area contributed by atoms with Gasteiger partial charge in [-0.15, -0.1) is 0 Å². The van der Waals surface area contributed by atoms with Gasteiger partial charge in [-0.25, -0.2) is 15.0 Å². The molecule has 0 atom stereocenters. The van der Waals surface area contributed by atoms with E-state index in [2.05, 4.69) is 34.7 Å². The third-order valence-electron chi connectivity index (χ3n) is 6.78. The van der Waals surface area contributed by atoms with Gasteiger partial charge in [0.2, 0.25) is 0 Å². The fraction of sp³-hybridized carbons (Fsp3) is 0.545. The summed E-state index contributed by atoms with van der Waals surface area (Å²) in [5.74, 6) is 2.97. The second-order valence-corrected chi connectivity index (χ2v) is 8.56. The van der Waals surface area contributed by atoms with E-state index in [9.17, 15) is 0 Å². The first kappa shape index (κ1) is 17.6. The Balaban J connectivity index is 1.38. The highest BCUT2D eigenvalue weighted by Crippen LogP contribution is 2.35. The van der Waals surface area contributed by atoms with Crippen LogP contribution in [0.5, 0.6) is 0 Å². The Hall–Kier alpha value is -2.50. The monoisotopic (exact) mass is 376 g/mol. The van der Waals surface area contributed by atoms with E-state index in [1.54, 1.807) is 0 Å². The Morgan fingerprint density at radius 2 is 2.00 bits per heavy atom. The van der Waals surface area contributed by atoms with Crippen molar-refractivity contribution in [1.29, 1.82) is 0 Å². The van der Waals surface area contributed by atoms with Crippen LogP contribution in [0.4, 0.5) is 11.6 Å². The Kier molecular flexibility index (Phi) is 4.29. The fourth-order valence-corrected chi connectivity index (χ4v) is 4.54. The summed E-state index contributed by atoms with van der Waals surface area (Å²) in [5, 5.41) is 0. The highest BCUT2D eigenvalue weighted by atomic mass is 15.3. The molecule has 2 aromatic rings. The minimum atomic E-state index is 0.478. The van der Waals surface area contributed by atoms with Crippen LogP contribution in [0.25, 0.3) is 0 Å². The quantitative estimate of drug-likeness (QED) is 0.801. The molecular weight excluding hydrogens is 348 g/mol. The maximum absolute atomic E-state index is 4.95. The summed E-state index contributed by atoms with van der Waals surface area (Å²) in [7, 11) is 0. The predicted octanol–water partition coefficient (Wildman–Crippen LogP) is 3.60. The van der Waals surface area contributed by atoms with Gasteiger partial charge in [-0.2, -0.15) is 0 Å². The molecule has 0 N–H and O–H groups in total. The number of pyridine rings is 1. The number of aromatic nitrogens is 3. The van der Waals surface area contributed by atoms with Crippen LogP contribution >= 0.6 is 0 Å². The summed E-state index contributed by atoms with van der Waals surface area (Å²) >= 11 is 0. The number of anilines is 2. The van der Waals surface area contributed by atoms with E-state index in [-0.39, 0.29) is 0 Å². The van der Waals surface area contributed by atoms with Crippen molar-refractivity contribution < 1.29 is 0 Å². The standard InChI is InChI=1S/C22H28N6/c1-3-22(2)8-12-27(13-9-22)18-15-24-19-17(26-18)14-25-21(19)28-11-5-7-16-6-4-10-23-20(16)28/h4,6,10,15H,3,5,7-9,11-14H2,1-2H3. The molecule has 0 unspecified atom stereocenters. The molecule has 28 heavy (non-hydrogen) atoms. The number of rotatable bonds is 2. The highest BCUT2D eigenvalue weighted by molar-refractivity contribution is 6.10. The van der Waals surface area contributed by atoms with Crippen molar-refractivity contribution in [2.24, 2.45) is 10.4 Å². The van der Waals surface area contributed by atoms with E-state index in [0.29, 0.717) is 12.0 Å². The van der Waals surface area contributed by atoms with Crippen LogP contribution in [-0.2, 0) is 13.0 Å². The van der Waals surface area contributed by atoms with Crippen molar-refractivity contribution in [3.05, 3.63) is 41.5 Å². The van der Waals surface area contributed by atoms with Gasteiger partial charge in [0.15, 0.2) is 5.84 Å². The molecule has 0 bridgehead atoms. The molecule has 2 aromatic heterocycles. The number of piperidine rings is 1. The zero-order valence-corrected chi connectivity index (χ0v) is 16.9. The van der Waals surface area contributed by atoms with Gasteiger partial charge in [-0.05, 0) is 42.7 Å². The minimum Gasteiger partial charge on any atom is -0.355 e. The Bertz CT molecular complexity index is 913. The van der Waals surface area contributed by atoms with Crippen LogP contribution in [0.2, 0.25) is 0 Å². The van der Waals surface area contributed by atoms with E-state index in [1.165, 1.54) is 24.8 Å². The maximum atomic E-state index is 4.95. The van der Waals surface area contributed by atoms with Crippen LogP contribution in [0.15, 0.2) is 29.5 Å². The van der Waals surface area contributed by atoms with Crippen LogP contribution in [0.3, 0.4) is 0 Å². The number of aryl methyl sites for hydroxylation is 1. The number of aliphatic imine (C=N–C) groups is 1. The summed E-state index contributed by atoms with van der Waals surface area (Å²) in [6, 6.07) is 4.18. The van der Waals surface area contributed by atoms with Gasteiger partial charge in [0.05, 0.1) is 18.4 Å². The number of fused-ring (bicyclic) bond motifs is 2. The van der Waals surface area contributed by atoms with E-state index < -0.39 is 0 Å². The molecule has 1 saturated heterocycles. The first-order valence-corrected chi connectivity index (χ1v) is 10.5. The molecule has 5 rings (SSSR count). The third-order valence-corrected chi connectivity index (χ3v) is 6.78. The molecule has 3 aliphatic heterocycles. The second-order valence-electron chi connectivity index (χ2n) is 8.56. The molecule has 1 fully saturated rings. The summed E-state index contributed by atoms with van der Waals surface area (Å²) < 4.78 is 0. The summed E-state index contributed by atoms with van der Waals surface area (Å²) in [4.78, 5) is 23.8. The predicted molar refractivity (Wildman–Crippen MR) is 112 cm³/mol. The molecule has 5 heterocycles. The average molecular weight is 377 g/mol. The van der Waals surface area contributed by atoms with Crippen LogP contribution < -0.4 is 9.80 Å². The van der Waals surface area contributed by atoms with E-state index >= 15 is 0 Å². The van der Waals surface area contributed by atoms with Crippen molar-refractivity contribution in [2.45, 2.75) is 52.5 Å². The topological polar surface area (TPSA) is 57.5 Å². The zero-order chi connectivity index (χ0) is 19.1. The molecule has 0 saturated carbocycles. The largest absolute Gasteiger partial charge is 0.355 e. The number of hydrogen-bond donors (Lipinski definition) is 0. The molecule has 3 aliphatic rings. The lowest BCUT2D eigenvalue weighted by Crippen LogP contribution is -2.39. The first-order valence-electron chi connectivity index (χ1n) is 10.5. The highest BCUT2D eigenvalue weighted by Gasteiger charge is 2.32. The lowest BCUT2D eigenvalue weighted by Gasteiger charge is -2.39. The lowest BCUT2D eigenvalue weighted by atomic mass is 9.78. The van der Waals surface area contributed by atoms with Crippen molar-refractivity contribution >= 4 is 17.5 Å². The third kappa shape index (κ3) is 2.95. The van der Waals surface area contributed by atoms with Gasteiger partial charge in [0.25, 0.3) is 0 Å². The van der Waals surface area contributed by atoms with Gasteiger partial charge >= 0.3 is 0 Å². The smallest absolute Gasteiger partial charge is 0.157 e. The van der Waals surface area contributed by atoms with Crippen LogP contribution in [0, 0.1) is 5.41 Å². The van der Waals surface area contributed by atoms with Gasteiger partial charge in [-0.3, -0.25) is 4.99 Å². The summed E-state index contributed by atoms with van der Waals surface area (Å²) in [6.07, 6.45) is 9.69. The van der Waals surface area contributed by atoms with E-state index in [1.807, 2.05) is 18.5 Å².